The zero-order valence-corrected chi connectivity index (χ0v) is 19.6. The maximum absolute atomic E-state index is 12.6. The fourth-order valence-electron chi connectivity index (χ4n) is 3.67. The molecule has 0 unspecified atom stereocenters. The molecular weight excluding hydrogens is 466 g/mol. The summed E-state index contributed by atoms with van der Waals surface area (Å²) in [6.45, 7) is 3.93. The van der Waals surface area contributed by atoms with Gasteiger partial charge in [-0.3, -0.25) is 4.79 Å². The number of imidazole rings is 1. The van der Waals surface area contributed by atoms with Crippen molar-refractivity contribution in [2.24, 2.45) is 0 Å². The van der Waals surface area contributed by atoms with Gasteiger partial charge in [0.2, 0.25) is 0 Å². The number of hydrogen-bond acceptors (Lipinski definition) is 3. The van der Waals surface area contributed by atoms with E-state index in [0.29, 0.717) is 18.7 Å². The summed E-state index contributed by atoms with van der Waals surface area (Å²) < 4.78 is 8.95. The topological polar surface area (TPSA) is 56.1 Å². The van der Waals surface area contributed by atoms with Gasteiger partial charge < -0.3 is 14.6 Å². The zero-order valence-electron chi connectivity index (χ0n) is 18.1. The Morgan fingerprint density at radius 3 is 2.72 bits per heavy atom. The van der Waals surface area contributed by atoms with Crippen molar-refractivity contribution in [1.29, 1.82) is 0 Å². The Kier molecular flexibility index (Phi) is 7.22. The first-order valence-electron chi connectivity index (χ1n) is 10.8. The van der Waals surface area contributed by atoms with Crippen LogP contribution in [-0.4, -0.2) is 22.1 Å². The van der Waals surface area contributed by atoms with Crippen LogP contribution in [0.2, 0.25) is 0 Å². The highest BCUT2D eigenvalue weighted by Crippen LogP contribution is 2.18. The maximum Gasteiger partial charge on any atom is 0.251 e. The second-order valence-corrected chi connectivity index (χ2v) is 8.65. The van der Waals surface area contributed by atoms with Crippen LogP contribution in [0.25, 0.3) is 11.0 Å². The molecule has 0 aliphatic carbocycles. The number of ether oxygens (including phenoxy) is 1. The zero-order chi connectivity index (χ0) is 22.3. The van der Waals surface area contributed by atoms with E-state index in [1.807, 2.05) is 48.5 Å². The smallest absolute Gasteiger partial charge is 0.251 e. The van der Waals surface area contributed by atoms with Gasteiger partial charge in [0.05, 0.1) is 24.2 Å². The van der Waals surface area contributed by atoms with Gasteiger partial charge >= 0.3 is 0 Å². The number of amides is 1. The Hall–Kier alpha value is -3.12. The Balaban J connectivity index is 1.38. The van der Waals surface area contributed by atoms with Crippen LogP contribution in [0.4, 0.5) is 0 Å². The maximum atomic E-state index is 12.6. The molecule has 0 saturated carbocycles. The number of benzene rings is 3. The summed E-state index contributed by atoms with van der Waals surface area (Å²) in [6, 6.07) is 23.6. The Morgan fingerprint density at radius 1 is 1.03 bits per heavy atom. The molecule has 1 amide bonds. The third-order valence-electron chi connectivity index (χ3n) is 5.26. The van der Waals surface area contributed by atoms with E-state index >= 15 is 0 Å². The van der Waals surface area contributed by atoms with E-state index in [2.05, 4.69) is 50.9 Å². The molecule has 0 spiro atoms. The van der Waals surface area contributed by atoms with Crippen molar-refractivity contribution in [3.8, 4) is 5.75 Å². The van der Waals surface area contributed by atoms with Crippen LogP contribution < -0.4 is 10.1 Å². The van der Waals surface area contributed by atoms with E-state index in [9.17, 15) is 4.79 Å². The Labute approximate surface area is 196 Å². The van der Waals surface area contributed by atoms with E-state index in [0.717, 1.165) is 46.5 Å². The Morgan fingerprint density at radius 2 is 1.88 bits per heavy atom. The molecule has 32 heavy (non-hydrogen) atoms. The molecule has 4 aromatic rings. The van der Waals surface area contributed by atoms with Crippen molar-refractivity contribution in [2.75, 3.05) is 6.61 Å². The summed E-state index contributed by atoms with van der Waals surface area (Å²) in [7, 11) is 0. The number of nitrogens with zero attached hydrogens (tertiary/aromatic N) is 2. The van der Waals surface area contributed by atoms with Crippen molar-refractivity contribution >= 4 is 32.9 Å². The van der Waals surface area contributed by atoms with Crippen LogP contribution in [0.1, 0.15) is 34.6 Å². The number of carbonyl (C=O) groups is 1. The van der Waals surface area contributed by atoms with Crippen LogP contribution in [0.5, 0.6) is 5.75 Å². The summed E-state index contributed by atoms with van der Waals surface area (Å²) in [5.41, 5.74) is 3.84. The van der Waals surface area contributed by atoms with Crippen molar-refractivity contribution in [2.45, 2.75) is 32.9 Å². The molecule has 0 aliphatic rings. The van der Waals surface area contributed by atoms with E-state index in [-0.39, 0.29) is 5.91 Å². The summed E-state index contributed by atoms with van der Waals surface area (Å²) in [5.74, 6) is 1.65. The molecule has 4 rings (SSSR count). The van der Waals surface area contributed by atoms with E-state index in [1.165, 1.54) is 5.56 Å². The fourth-order valence-corrected chi connectivity index (χ4v) is 4.07. The van der Waals surface area contributed by atoms with Gasteiger partial charge in [-0.25, -0.2) is 4.98 Å². The third-order valence-corrected chi connectivity index (χ3v) is 5.76. The molecule has 0 atom stereocenters. The van der Waals surface area contributed by atoms with Gasteiger partial charge in [-0.05, 0) is 67.8 Å². The molecule has 1 aromatic heterocycles. The van der Waals surface area contributed by atoms with Gasteiger partial charge in [-0.1, -0.05) is 46.3 Å². The van der Waals surface area contributed by atoms with Crippen LogP contribution >= 0.6 is 15.9 Å². The average Bonchev–Trinajstić information content (AvgIpc) is 3.15. The minimum atomic E-state index is -0.114. The van der Waals surface area contributed by atoms with Gasteiger partial charge in [-0.15, -0.1) is 0 Å². The van der Waals surface area contributed by atoms with E-state index in [1.54, 1.807) is 6.07 Å². The number of halogens is 1. The number of rotatable bonds is 9. The molecule has 3 aromatic carbocycles. The number of aromatic nitrogens is 2. The first-order chi connectivity index (χ1) is 15.6. The largest absolute Gasteiger partial charge is 0.494 e. The Bertz CT molecular complexity index is 1220. The summed E-state index contributed by atoms with van der Waals surface area (Å²) in [5, 5.41) is 3.00. The molecule has 0 radical (unpaired) electrons. The molecule has 0 fully saturated rings. The molecule has 1 heterocycles. The normalized spacial score (nSPS) is 10.9. The molecule has 0 aliphatic heterocycles. The van der Waals surface area contributed by atoms with Crippen LogP contribution in [0, 0.1) is 6.92 Å². The molecular formula is C26H26BrN3O2. The molecule has 0 bridgehead atoms. The number of unbranched alkanes of at least 4 members (excludes halogenated alkanes) is 1. The standard InChI is InChI=1S/C26H26BrN3O2/c1-19-8-6-11-22(16-19)32-15-5-4-14-30-24-13-3-2-12-23(24)29-25(30)18-28-26(31)20-9-7-10-21(27)17-20/h2-3,6-13,16-17H,4-5,14-15,18H2,1H3,(H,28,31). The molecule has 164 valence electrons. The SMILES string of the molecule is Cc1cccc(OCCCCn2c(CNC(=O)c3cccc(Br)c3)nc3ccccc32)c1. The quantitative estimate of drug-likeness (QED) is 0.296. The lowest BCUT2D eigenvalue weighted by molar-refractivity contribution is 0.0949. The summed E-state index contributed by atoms with van der Waals surface area (Å²) in [4.78, 5) is 17.3. The lowest BCUT2D eigenvalue weighted by Crippen LogP contribution is -2.24. The van der Waals surface area contributed by atoms with Gasteiger partial charge in [0.1, 0.15) is 11.6 Å². The number of hydrogen-bond donors (Lipinski definition) is 1. The third kappa shape index (κ3) is 5.56. The first kappa shape index (κ1) is 22.1. The first-order valence-corrected chi connectivity index (χ1v) is 11.6. The van der Waals surface area contributed by atoms with Gasteiger partial charge in [0.15, 0.2) is 0 Å². The molecule has 0 saturated heterocycles. The number of para-hydroxylation sites is 2. The van der Waals surface area contributed by atoms with Crippen LogP contribution in [0.15, 0.2) is 77.3 Å². The number of carbonyl (C=O) groups excluding carboxylic acids is 1. The second-order valence-electron chi connectivity index (χ2n) is 7.73. The fraction of sp³-hybridized carbons (Fsp3) is 0.231. The van der Waals surface area contributed by atoms with Crippen molar-refractivity contribution in [3.63, 3.8) is 0 Å². The highest BCUT2D eigenvalue weighted by atomic mass is 79.9. The molecule has 1 N–H and O–H groups in total. The predicted molar refractivity (Wildman–Crippen MR) is 131 cm³/mol. The van der Waals surface area contributed by atoms with Crippen molar-refractivity contribution in [1.82, 2.24) is 14.9 Å². The van der Waals surface area contributed by atoms with Crippen LogP contribution in [0.3, 0.4) is 0 Å². The van der Waals surface area contributed by atoms with E-state index < -0.39 is 0 Å². The number of nitrogens with one attached hydrogen (secondary N) is 1. The molecule has 5 nitrogen and oxygen atoms in total. The predicted octanol–water partition coefficient (Wildman–Crippen LogP) is 5.90. The highest BCUT2D eigenvalue weighted by Gasteiger charge is 2.12. The minimum Gasteiger partial charge on any atom is -0.494 e. The summed E-state index contributed by atoms with van der Waals surface area (Å²) >= 11 is 3.41. The van der Waals surface area contributed by atoms with Gasteiger partial charge in [0.25, 0.3) is 5.91 Å². The number of aryl methyl sites for hydroxylation is 2. The average molecular weight is 492 g/mol. The van der Waals surface area contributed by atoms with Gasteiger partial charge in [-0.2, -0.15) is 0 Å². The van der Waals surface area contributed by atoms with Crippen LogP contribution in [-0.2, 0) is 13.1 Å². The molecule has 6 heteroatoms. The minimum absolute atomic E-state index is 0.114. The highest BCUT2D eigenvalue weighted by molar-refractivity contribution is 9.10. The van der Waals surface area contributed by atoms with E-state index in [4.69, 9.17) is 9.72 Å². The monoisotopic (exact) mass is 491 g/mol. The lowest BCUT2D eigenvalue weighted by atomic mass is 10.2. The lowest BCUT2D eigenvalue weighted by Gasteiger charge is -2.11. The second kappa shape index (κ2) is 10.5. The summed E-state index contributed by atoms with van der Waals surface area (Å²) in [6.07, 6.45) is 1.89. The van der Waals surface area contributed by atoms with Crippen molar-refractivity contribution in [3.05, 3.63) is 94.2 Å². The number of fused-ring (bicyclic) bond motifs is 1. The van der Waals surface area contributed by atoms with Crippen molar-refractivity contribution < 1.29 is 9.53 Å². The van der Waals surface area contributed by atoms with Gasteiger partial charge in [0, 0.05) is 16.6 Å².